The fourth-order valence-corrected chi connectivity index (χ4v) is 2.54. The molecule has 0 fully saturated rings. The molecule has 4 nitrogen and oxygen atoms in total. The molecule has 0 amide bonds. The Bertz CT molecular complexity index is 685. The number of halogens is 2. The van der Waals surface area contributed by atoms with Crippen molar-refractivity contribution in [1.82, 2.24) is 10.3 Å². The average molecular weight is 322 g/mol. The summed E-state index contributed by atoms with van der Waals surface area (Å²) in [5.74, 6) is -0.823. The first-order valence-corrected chi connectivity index (χ1v) is 7.28. The molecule has 6 heteroatoms. The van der Waals surface area contributed by atoms with E-state index in [4.69, 9.17) is 17.3 Å². The van der Waals surface area contributed by atoms with E-state index in [-0.39, 0.29) is 28.0 Å². The summed E-state index contributed by atoms with van der Waals surface area (Å²) in [4.78, 5) is 16.4. The second-order valence-electron chi connectivity index (χ2n) is 4.88. The van der Waals surface area contributed by atoms with E-state index in [1.807, 2.05) is 6.92 Å². The van der Waals surface area contributed by atoms with Gasteiger partial charge < -0.3 is 11.1 Å². The highest BCUT2D eigenvalue weighted by atomic mass is 35.5. The Balaban J connectivity index is 2.52. The molecular weight excluding hydrogens is 305 g/mol. The number of pyridine rings is 1. The number of carbonyl (C=O) groups excluding carboxylic acids is 1. The lowest BCUT2D eigenvalue weighted by Gasteiger charge is -2.17. The van der Waals surface area contributed by atoms with E-state index < -0.39 is 11.6 Å². The molecule has 1 aromatic heterocycles. The number of nitrogen functional groups attached to an aromatic ring is 1. The summed E-state index contributed by atoms with van der Waals surface area (Å²) >= 11 is 6.04. The Morgan fingerprint density at radius 3 is 2.68 bits per heavy atom. The molecule has 0 aliphatic carbocycles. The van der Waals surface area contributed by atoms with E-state index in [9.17, 15) is 9.18 Å². The quantitative estimate of drug-likeness (QED) is 0.829. The van der Waals surface area contributed by atoms with Crippen LogP contribution in [0.25, 0.3) is 0 Å². The van der Waals surface area contributed by atoms with E-state index in [1.54, 1.807) is 13.1 Å². The zero-order valence-corrected chi connectivity index (χ0v) is 13.1. The van der Waals surface area contributed by atoms with Crippen molar-refractivity contribution in [3.8, 4) is 0 Å². The van der Waals surface area contributed by atoms with Gasteiger partial charge in [-0.25, -0.2) is 9.37 Å². The van der Waals surface area contributed by atoms with Crippen LogP contribution in [0, 0.1) is 5.82 Å². The molecule has 2 aromatic rings. The third-order valence-corrected chi connectivity index (χ3v) is 3.84. The number of benzene rings is 1. The molecule has 3 N–H and O–H groups in total. The molecule has 0 radical (unpaired) electrons. The number of aromatic nitrogens is 1. The third-order valence-electron chi connectivity index (χ3n) is 3.53. The molecule has 0 saturated heterocycles. The van der Waals surface area contributed by atoms with Gasteiger partial charge in [-0.15, -0.1) is 0 Å². The van der Waals surface area contributed by atoms with E-state index in [1.165, 1.54) is 24.4 Å². The number of ketones is 1. The number of hydrogen-bond acceptors (Lipinski definition) is 4. The Labute approximate surface area is 133 Å². The van der Waals surface area contributed by atoms with Crippen LogP contribution in [-0.4, -0.2) is 17.8 Å². The number of nitrogens with zero attached hydrogens (tertiary/aromatic N) is 1. The van der Waals surface area contributed by atoms with Crippen LogP contribution in [0.4, 0.5) is 10.2 Å². The van der Waals surface area contributed by atoms with Crippen molar-refractivity contribution in [2.24, 2.45) is 0 Å². The Hall–Kier alpha value is -1.98. The predicted molar refractivity (Wildman–Crippen MR) is 85.6 cm³/mol. The van der Waals surface area contributed by atoms with Crippen molar-refractivity contribution in [3.05, 3.63) is 58.0 Å². The van der Waals surface area contributed by atoms with E-state index in [0.717, 1.165) is 0 Å². The highest BCUT2D eigenvalue weighted by Gasteiger charge is 2.23. The number of nitrogens with one attached hydrogen (secondary N) is 1. The summed E-state index contributed by atoms with van der Waals surface area (Å²) in [6.45, 7) is 1.93. The molecular formula is C16H17ClFN3O. The van der Waals surface area contributed by atoms with E-state index >= 15 is 0 Å². The van der Waals surface area contributed by atoms with Crippen molar-refractivity contribution in [2.45, 2.75) is 19.4 Å². The standard InChI is InChI=1S/C16H17ClFN3O/c1-3-12(20-2)10-5-6-11(17)14(15(10)18)16(22)9-4-7-13(19)21-8-9/h4-8,12,20H,3H2,1-2H3,(H2,19,21)/t12-/m1/s1. The van der Waals surface area contributed by atoms with Gasteiger partial charge in [0.1, 0.15) is 11.6 Å². The van der Waals surface area contributed by atoms with Crippen LogP contribution >= 0.6 is 11.6 Å². The molecule has 2 rings (SSSR count). The highest BCUT2D eigenvalue weighted by Crippen LogP contribution is 2.29. The maximum Gasteiger partial charge on any atom is 0.199 e. The molecule has 1 atom stereocenters. The van der Waals surface area contributed by atoms with Gasteiger partial charge in [0.25, 0.3) is 0 Å². The summed E-state index contributed by atoms with van der Waals surface area (Å²) in [6.07, 6.45) is 2.00. The van der Waals surface area contributed by atoms with Crippen LogP contribution in [0.3, 0.4) is 0 Å². The number of hydrogen-bond donors (Lipinski definition) is 2. The summed E-state index contributed by atoms with van der Waals surface area (Å²) < 4.78 is 14.8. The van der Waals surface area contributed by atoms with Crippen molar-refractivity contribution in [2.75, 3.05) is 12.8 Å². The summed E-state index contributed by atoms with van der Waals surface area (Å²) in [5.41, 5.74) is 6.01. The van der Waals surface area contributed by atoms with Gasteiger partial charge in [-0.2, -0.15) is 0 Å². The van der Waals surface area contributed by atoms with Crippen LogP contribution < -0.4 is 11.1 Å². The molecule has 0 bridgehead atoms. The maximum atomic E-state index is 14.8. The average Bonchev–Trinajstić information content (AvgIpc) is 2.51. The first kappa shape index (κ1) is 16.4. The van der Waals surface area contributed by atoms with Crippen LogP contribution in [0.5, 0.6) is 0 Å². The van der Waals surface area contributed by atoms with Crippen molar-refractivity contribution < 1.29 is 9.18 Å². The Morgan fingerprint density at radius 1 is 1.41 bits per heavy atom. The van der Waals surface area contributed by atoms with Gasteiger partial charge in [-0.3, -0.25) is 4.79 Å². The fraction of sp³-hybridized carbons (Fsp3) is 0.250. The van der Waals surface area contributed by atoms with E-state index in [0.29, 0.717) is 12.0 Å². The smallest absolute Gasteiger partial charge is 0.199 e. The lowest BCUT2D eigenvalue weighted by Crippen LogP contribution is -2.18. The lowest BCUT2D eigenvalue weighted by molar-refractivity contribution is 0.103. The second kappa shape index (κ2) is 6.85. The Kier molecular flexibility index (Phi) is 5.11. The van der Waals surface area contributed by atoms with Crippen LogP contribution in [0.15, 0.2) is 30.5 Å². The molecule has 1 aromatic carbocycles. The van der Waals surface area contributed by atoms with Gasteiger partial charge in [-0.1, -0.05) is 24.6 Å². The number of nitrogens with two attached hydrogens (primary N) is 1. The van der Waals surface area contributed by atoms with Gasteiger partial charge in [0.2, 0.25) is 0 Å². The molecule has 0 spiro atoms. The molecule has 22 heavy (non-hydrogen) atoms. The minimum absolute atomic E-state index is 0.0778. The molecule has 0 saturated carbocycles. The minimum Gasteiger partial charge on any atom is -0.384 e. The first-order chi connectivity index (χ1) is 10.5. The fourth-order valence-electron chi connectivity index (χ4n) is 2.31. The van der Waals surface area contributed by atoms with Crippen LogP contribution in [0.1, 0.15) is 40.9 Å². The predicted octanol–water partition coefficient (Wildman–Crippen LogP) is 3.36. The van der Waals surface area contributed by atoms with Crippen molar-refractivity contribution >= 4 is 23.2 Å². The number of anilines is 1. The second-order valence-corrected chi connectivity index (χ2v) is 5.28. The lowest BCUT2D eigenvalue weighted by atomic mass is 9.97. The van der Waals surface area contributed by atoms with E-state index in [2.05, 4.69) is 10.3 Å². The Morgan fingerprint density at radius 2 is 2.14 bits per heavy atom. The van der Waals surface area contributed by atoms with Gasteiger partial charge in [-0.05, 0) is 31.7 Å². The molecule has 116 valence electrons. The van der Waals surface area contributed by atoms with Gasteiger partial charge >= 0.3 is 0 Å². The molecule has 0 aliphatic rings. The van der Waals surface area contributed by atoms with Crippen molar-refractivity contribution in [3.63, 3.8) is 0 Å². The SMILES string of the molecule is CC[C@@H](NC)c1ccc(Cl)c(C(=O)c2ccc(N)nc2)c1F. The topological polar surface area (TPSA) is 68.0 Å². The van der Waals surface area contributed by atoms with Crippen molar-refractivity contribution in [1.29, 1.82) is 0 Å². The normalized spacial score (nSPS) is 12.2. The number of carbonyl (C=O) groups is 1. The molecule has 1 heterocycles. The minimum atomic E-state index is -0.601. The van der Waals surface area contributed by atoms with Crippen LogP contribution in [0.2, 0.25) is 5.02 Å². The van der Waals surface area contributed by atoms with Crippen LogP contribution in [-0.2, 0) is 0 Å². The largest absolute Gasteiger partial charge is 0.384 e. The highest BCUT2D eigenvalue weighted by molar-refractivity contribution is 6.35. The number of rotatable bonds is 5. The van der Waals surface area contributed by atoms with Gasteiger partial charge in [0, 0.05) is 23.4 Å². The third kappa shape index (κ3) is 3.10. The molecule has 0 unspecified atom stereocenters. The zero-order chi connectivity index (χ0) is 16.3. The summed E-state index contributed by atoms with van der Waals surface area (Å²) in [6, 6.07) is 5.94. The monoisotopic (exact) mass is 321 g/mol. The maximum absolute atomic E-state index is 14.8. The molecule has 0 aliphatic heterocycles. The van der Waals surface area contributed by atoms with Gasteiger partial charge in [0.05, 0.1) is 10.6 Å². The van der Waals surface area contributed by atoms with Gasteiger partial charge in [0.15, 0.2) is 5.78 Å². The first-order valence-electron chi connectivity index (χ1n) is 6.91. The zero-order valence-electron chi connectivity index (χ0n) is 12.4. The summed E-state index contributed by atoms with van der Waals surface area (Å²) in [7, 11) is 1.74. The summed E-state index contributed by atoms with van der Waals surface area (Å²) in [5, 5.41) is 3.10.